The van der Waals surface area contributed by atoms with Gasteiger partial charge >= 0.3 is 0 Å². The highest BCUT2D eigenvalue weighted by atomic mass is 35.5. The van der Waals surface area contributed by atoms with Crippen LogP contribution in [-0.2, 0) is 26.2 Å². The minimum atomic E-state index is -4.20. The van der Waals surface area contributed by atoms with Crippen molar-refractivity contribution in [2.24, 2.45) is 0 Å². The van der Waals surface area contributed by atoms with E-state index in [1.165, 1.54) is 35.2 Å². The van der Waals surface area contributed by atoms with Crippen molar-refractivity contribution in [3.05, 3.63) is 94.0 Å². The van der Waals surface area contributed by atoms with Crippen molar-refractivity contribution in [3.8, 4) is 0 Å². The minimum Gasteiger partial charge on any atom is -0.352 e. The Bertz CT molecular complexity index is 1460. The van der Waals surface area contributed by atoms with E-state index >= 15 is 0 Å². The second kappa shape index (κ2) is 13.7. The van der Waals surface area contributed by atoms with Crippen molar-refractivity contribution in [2.45, 2.75) is 69.5 Å². The lowest BCUT2D eigenvalue weighted by Crippen LogP contribution is -2.53. The number of sulfonamides is 1. The summed E-state index contributed by atoms with van der Waals surface area (Å²) in [5.41, 5.74) is 2.14. The molecular weight excluding hydrogens is 581 g/mol. The molecule has 1 fully saturated rings. The highest BCUT2D eigenvalue weighted by Gasteiger charge is 2.34. The third kappa shape index (κ3) is 7.82. The summed E-state index contributed by atoms with van der Waals surface area (Å²) in [6.07, 6.45) is 4.32. The predicted molar refractivity (Wildman–Crippen MR) is 164 cm³/mol. The first-order valence-electron chi connectivity index (χ1n) is 13.8. The Labute approximate surface area is 252 Å². The number of hydrogen-bond acceptors (Lipinski definition) is 4. The van der Waals surface area contributed by atoms with Gasteiger partial charge in [-0.05, 0) is 74.2 Å². The van der Waals surface area contributed by atoms with Gasteiger partial charge in [0.05, 0.1) is 10.6 Å². The van der Waals surface area contributed by atoms with Crippen LogP contribution in [0.4, 0.5) is 5.69 Å². The molecule has 0 spiro atoms. The number of amides is 2. The minimum absolute atomic E-state index is 0.0224. The lowest BCUT2D eigenvalue weighted by Gasteiger charge is -2.33. The molecule has 1 saturated carbocycles. The van der Waals surface area contributed by atoms with Crippen molar-refractivity contribution in [1.29, 1.82) is 0 Å². The highest BCUT2D eigenvalue weighted by Crippen LogP contribution is 2.28. The van der Waals surface area contributed by atoms with E-state index in [2.05, 4.69) is 5.32 Å². The van der Waals surface area contributed by atoms with Gasteiger partial charge in [-0.3, -0.25) is 13.9 Å². The van der Waals surface area contributed by atoms with Crippen LogP contribution >= 0.6 is 23.2 Å². The molecule has 0 heterocycles. The number of nitrogens with zero attached hydrogens (tertiary/aromatic N) is 2. The van der Waals surface area contributed by atoms with Crippen LogP contribution in [0.25, 0.3) is 0 Å². The fourth-order valence-corrected chi connectivity index (χ4v) is 6.79. The van der Waals surface area contributed by atoms with E-state index in [9.17, 15) is 18.0 Å². The fraction of sp³-hybridized carbons (Fsp3) is 0.355. The van der Waals surface area contributed by atoms with Gasteiger partial charge < -0.3 is 10.2 Å². The molecule has 0 bridgehead atoms. The second-order valence-electron chi connectivity index (χ2n) is 10.4. The van der Waals surface area contributed by atoms with Crippen LogP contribution in [0.1, 0.15) is 50.2 Å². The fourth-order valence-electron chi connectivity index (χ4n) is 5.07. The number of aryl methyl sites for hydroxylation is 1. The molecule has 1 N–H and O–H groups in total. The Morgan fingerprint density at radius 2 is 1.61 bits per heavy atom. The van der Waals surface area contributed by atoms with Crippen LogP contribution in [0.2, 0.25) is 10.0 Å². The lowest BCUT2D eigenvalue weighted by molar-refractivity contribution is -0.140. The Morgan fingerprint density at radius 3 is 2.22 bits per heavy atom. The number of hydrogen-bond donors (Lipinski definition) is 1. The van der Waals surface area contributed by atoms with E-state index < -0.39 is 28.5 Å². The van der Waals surface area contributed by atoms with Gasteiger partial charge in [-0.1, -0.05) is 78.9 Å². The summed E-state index contributed by atoms with van der Waals surface area (Å²) < 4.78 is 28.8. The molecule has 0 unspecified atom stereocenters. The summed E-state index contributed by atoms with van der Waals surface area (Å²) in [6.45, 7) is 3.46. The van der Waals surface area contributed by atoms with Gasteiger partial charge in [-0.25, -0.2) is 8.42 Å². The first-order chi connectivity index (χ1) is 19.6. The van der Waals surface area contributed by atoms with Gasteiger partial charge in [-0.2, -0.15) is 0 Å². The average molecular weight is 617 g/mol. The Morgan fingerprint density at radius 1 is 0.951 bits per heavy atom. The van der Waals surface area contributed by atoms with E-state index in [1.54, 1.807) is 18.2 Å². The van der Waals surface area contributed by atoms with Crippen molar-refractivity contribution in [3.63, 3.8) is 0 Å². The first-order valence-corrected chi connectivity index (χ1v) is 16.0. The number of benzene rings is 3. The largest absolute Gasteiger partial charge is 0.352 e. The molecule has 41 heavy (non-hydrogen) atoms. The normalized spacial score (nSPS) is 14.4. The number of carbonyl (C=O) groups is 2. The molecule has 3 aromatic rings. The molecule has 10 heteroatoms. The Kier molecular flexibility index (Phi) is 10.3. The number of anilines is 1. The smallest absolute Gasteiger partial charge is 0.264 e. The zero-order valence-corrected chi connectivity index (χ0v) is 25.6. The quantitative estimate of drug-likeness (QED) is 0.272. The molecule has 1 aliphatic rings. The number of nitrogens with one attached hydrogen (secondary N) is 1. The summed E-state index contributed by atoms with van der Waals surface area (Å²) in [5, 5.41) is 3.83. The zero-order chi connectivity index (χ0) is 29.6. The maximum atomic E-state index is 14.1. The molecule has 0 aromatic heterocycles. The van der Waals surface area contributed by atoms with Gasteiger partial charge in [0.15, 0.2) is 0 Å². The second-order valence-corrected chi connectivity index (χ2v) is 13.1. The van der Waals surface area contributed by atoms with Gasteiger partial charge in [-0.15, -0.1) is 0 Å². The molecule has 7 nitrogen and oxygen atoms in total. The summed E-state index contributed by atoms with van der Waals surface area (Å²) in [5.74, 6) is -0.730. The summed E-state index contributed by atoms with van der Waals surface area (Å²) in [6, 6.07) is 19.1. The summed E-state index contributed by atoms with van der Waals surface area (Å²) in [4.78, 5) is 29.1. The molecule has 1 atom stereocenters. The third-order valence-electron chi connectivity index (χ3n) is 7.34. The maximum Gasteiger partial charge on any atom is 0.264 e. The van der Waals surface area contributed by atoms with Crippen LogP contribution in [0.15, 0.2) is 77.7 Å². The molecule has 0 radical (unpaired) electrons. The van der Waals surface area contributed by atoms with Crippen LogP contribution in [0.5, 0.6) is 0 Å². The number of halogens is 2. The third-order valence-corrected chi connectivity index (χ3v) is 9.61. The summed E-state index contributed by atoms with van der Waals surface area (Å²) in [7, 11) is -4.20. The van der Waals surface area contributed by atoms with Crippen LogP contribution in [0.3, 0.4) is 0 Å². The Balaban J connectivity index is 1.71. The lowest BCUT2D eigenvalue weighted by atomic mass is 10.1. The van der Waals surface area contributed by atoms with E-state index in [1.807, 2.05) is 38.1 Å². The molecule has 3 aromatic carbocycles. The van der Waals surface area contributed by atoms with Crippen LogP contribution in [0, 0.1) is 6.92 Å². The van der Waals surface area contributed by atoms with E-state index in [0.717, 1.165) is 41.1 Å². The first kappa shape index (κ1) is 30.9. The maximum absolute atomic E-state index is 14.1. The average Bonchev–Trinajstić information content (AvgIpc) is 3.45. The van der Waals surface area contributed by atoms with Crippen LogP contribution in [-0.4, -0.2) is 43.8 Å². The molecule has 0 aliphatic heterocycles. The molecule has 218 valence electrons. The predicted octanol–water partition coefficient (Wildman–Crippen LogP) is 6.36. The standard InChI is InChI=1S/C31H35Cl2N3O4S/c1-3-29(31(38)34-26-8-4-5-9-26)35(20-23-13-11-22(2)12-14-23)30(37)21-36(27-10-6-7-25(33)19-27)41(39,40)28-17-15-24(32)16-18-28/h6-7,10-19,26,29H,3-5,8-9,20-21H2,1-2H3,(H,34,38)/t29-/m1/s1. The van der Waals surface area contributed by atoms with Gasteiger partial charge in [0.2, 0.25) is 11.8 Å². The monoisotopic (exact) mass is 615 g/mol. The SMILES string of the molecule is CC[C@H](C(=O)NC1CCCC1)N(Cc1ccc(C)cc1)C(=O)CN(c1cccc(Cl)c1)S(=O)(=O)c1ccc(Cl)cc1. The molecule has 1 aliphatic carbocycles. The topological polar surface area (TPSA) is 86.8 Å². The number of rotatable bonds is 11. The number of carbonyl (C=O) groups excluding carboxylic acids is 2. The summed E-state index contributed by atoms with van der Waals surface area (Å²) >= 11 is 12.2. The van der Waals surface area contributed by atoms with E-state index in [0.29, 0.717) is 16.5 Å². The van der Waals surface area contributed by atoms with Crippen molar-refractivity contribution in [2.75, 3.05) is 10.8 Å². The van der Waals surface area contributed by atoms with Crippen molar-refractivity contribution >= 4 is 50.7 Å². The molecule has 4 rings (SSSR count). The van der Waals surface area contributed by atoms with E-state index in [4.69, 9.17) is 23.2 Å². The van der Waals surface area contributed by atoms with Crippen molar-refractivity contribution in [1.82, 2.24) is 10.2 Å². The Hall–Kier alpha value is -3.07. The molecule has 0 saturated heterocycles. The molecule has 2 amide bonds. The van der Waals surface area contributed by atoms with Gasteiger partial charge in [0.1, 0.15) is 12.6 Å². The van der Waals surface area contributed by atoms with Gasteiger partial charge in [0.25, 0.3) is 10.0 Å². The highest BCUT2D eigenvalue weighted by molar-refractivity contribution is 7.92. The van der Waals surface area contributed by atoms with E-state index in [-0.39, 0.29) is 29.1 Å². The molecular formula is C31H35Cl2N3O4S. The van der Waals surface area contributed by atoms with Crippen LogP contribution < -0.4 is 9.62 Å². The zero-order valence-electron chi connectivity index (χ0n) is 23.2. The van der Waals surface area contributed by atoms with Crippen molar-refractivity contribution < 1.29 is 18.0 Å². The van der Waals surface area contributed by atoms with Gasteiger partial charge in [0, 0.05) is 22.6 Å².